The Balaban J connectivity index is 1.56. The second-order valence-corrected chi connectivity index (χ2v) is 13.0. The topological polar surface area (TPSA) is 130 Å². The molecule has 2 aliphatic carbocycles. The molecule has 13 heteroatoms. The molecular formula is C27H35ClFN5O5S. The number of carbonyl (C=O) groups excluding carboxylic acids is 2. The third-order valence-electron chi connectivity index (χ3n) is 6.71. The Bertz CT molecular complexity index is 1330. The van der Waals surface area contributed by atoms with E-state index in [2.05, 4.69) is 34.4 Å². The van der Waals surface area contributed by atoms with Crippen molar-refractivity contribution in [1.29, 1.82) is 0 Å². The van der Waals surface area contributed by atoms with Crippen molar-refractivity contribution >= 4 is 50.8 Å². The van der Waals surface area contributed by atoms with E-state index in [1.54, 1.807) is 0 Å². The largest absolute Gasteiger partial charge is 0.482 e. The molecule has 2 aromatic rings. The van der Waals surface area contributed by atoms with Crippen LogP contribution in [0.4, 0.5) is 26.4 Å². The van der Waals surface area contributed by atoms with Gasteiger partial charge in [0.05, 0.1) is 22.8 Å². The third kappa shape index (κ3) is 8.20. The fraction of sp³-hybridized carbons (Fsp3) is 0.519. The summed E-state index contributed by atoms with van der Waals surface area (Å²) >= 11 is 5.82. The number of urea groups is 1. The first-order valence-corrected chi connectivity index (χ1v) is 15.4. The van der Waals surface area contributed by atoms with Gasteiger partial charge in [0.2, 0.25) is 10.0 Å². The highest BCUT2D eigenvalue weighted by Crippen LogP contribution is 2.34. The highest BCUT2D eigenvalue weighted by molar-refractivity contribution is 7.90. The summed E-state index contributed by atoms with van der Waals surface area (Å²) in [5.74, 6) is -0.496. The van der Waals surface area contributed by atoms with Crippen molar-refractivity contribution in [3.63, 3.8) is 0 Å². The Hall–Kier alpha value is -3.12. The SMILES string of the molecule is CC(C)CN(c1ncc(OCC(=O)NS(=O)(=O)C2CC2)cc1NC(=O)Nc1ccc(Cl)cc1F)C1CCCCC1. The van der Waals surface area contributed by atoms with Crippen LogP contribution >= 0.6 is 11.6 Å². The molecule has 218 valence electrons. The average molecular weight is 596 g/mol. The molecule has 0 aliphatic heterocycles. The fourth-order valence-corrected chi connectivity index (χ4v) is 6.16. The van der Waals surface area contributed by atoms with E-state index in [1.165, 1.54) is 30.8 Å². The number of hydrogen-bond donors (Lipinski definition) is 3. The predicted molar refractivity (Wildman–Crippen MR) is 153 cm³/mol. The molecule has 3 N–H and O–H groups in total. The molecule has 2 saturated carbocycles. The van der Waals surface area contributed by atoms with Crippen molar-refractivity contribution in [3.8, 4) is 5.75 Å². The van der Waals surface area contributed by atoms with Gasteiger partial charge in [-0.1, -0.05) is 44.7 Å². The maximum Gasteiger partial charge on any atom is 0.323 e. The maximum absolute atomic E-state index is 14.3. The quantitative estimate of drug-likeness (QED) is 0.321. The average Bonchev–Trinajstić information content (AvgIpc) is 3.75. The van der Waals surface area contributed by atoms with Gasteiger partial charge in [-0.25, -0.2) is 27.3 Å². The van der Waals surface area contributed by atoms with Crippen molar-refractivity contribution in [2.45, 2.75) is 70.1 Å². The van der Waals surface area contributed by atoms with Crippen molar-refractivity contribution in [2.75, 3.05) is 28.7 Å². The number of anilines is 3. The van der Waals surface area contributed by atoms with E-state index in [0.717, 1.165) is 31.7 Å². The molecule has 2 aliphatic rings. The molecule has 10 nitrogen and oxygen atoms in total. The van der Waals surface area contributed by atoms with Crippen LogP contribution in [-0.4, -0.2) is 49.8 Å². The molecule has 0 radical (unpaired) electrons. The smallest absolute Gasteiger partial charge is 0.323 e. The summed E-state index contributed by atoms with van der Waals surface area (Å²) in [6, 6.07) is 4.97. The lowest BCUT2D eigenvalue weighted by Crippen LogP contribution is -2.40. The predicted octanol–water partition coefficient (Wildman–Crippen LogP) is 5.30. The maximum atomic E-state index is 14.3. The number of rotatable bonds is 11. The number of nitrogens with one attached hydrogen (secondary N) is 3. The van der Waals surface area contributed by atoms with E-state index in [1.807, 2.05) is 4.72 Å². The van der Waals surface area contributed by atoms with Gasteiger partial charge < -0.3 is 20.3 Å². The van der Waals surface area contributed by atoms with Gasteiger partial charge in [-0.15, -0.1) is 0 Å². The van der Waals surface area contributed by atoms with E-state index >= 15 is 0 Å². The number of hydrogen-bond acceptors (Lipinski definition) is 7. The number of amides is 3. The number of halogens is 2. The number of pyridine rings is 1. The van der Waals surface area contributed by atoms with E-state index < -0.39 is 39.6 Å². The van der Waals surface area contributed by atoms with Crippen LogP contribution in [-0.2, 0) is 14.8 Å². The van der Waals surface area contributed by atoms with E-state index in [9.17, 15) is 22.4 Å². The molecular weight excluding hydrogens is 561 g/mol. The number of aromatic nitrogens is 1. The van der Waals surface area contributed by atoms with Crippen molar-refractivity contribution in [2.24, 2.45) is 5.92 Å². The first kappa shape index (κ1) is 29.9. The Morgan fingerprint density at radius 1 is 1.10 bits per heavy atom. The van der Waals surface area contributed by atoms with Gasteiger partial charge in [-0.3, -0.25) is 4.79 Å². The van der Waals surface area contributed by atoms with Crippen LogP contribution in [0.3, 0.4) is 0 Å². The summed E-state index contributed by atoms with van der Waals surface area (Å²) in [5.41, 5.74) is 0.255. The molecule has 0 bridgehead atoms. The number of nitrogens with zero attached hydrogens (tertiary/aromatic N) is 2. The highest BCUT2D eigenvalue weighted by atomic mass is 35.5. The van der Waals surface area contributed by atoms with Gasteiger partial charge in [-0.05, 0) is 49.8 Å². The molecule has 4 rings (SSSR count). The Kier molecular flexibility index (Phi) is 9.72. The minimum absolute atomic E-state index is 0.0522. The zero-order valence-corrected chi connectivity index (χ0v) is 24.2. The van der Waals surface area contributed by atoms with Crippen LogP contribution < -0.4 is 25.0 Å². The zero-order valence-electron chi connectivity index (χ0n) is 22.6. The second-order valence-electron chi connectivity index (χ2n) is 10.6. The van der Waals surface area contributed by atoms with Gasteiger partial charge in [0.15, 0.2) is 12.4 Å². The first-order chi connectivity index (χ1) is 19.0. The lowest BCUT2D eigenvalue weighted by atomic mass is 9.93. The van der Waals surface area contributed by atoms with Crippen LogP contribution in [0.15, 0.2) is 30.5 Å². The third-order valence-corrected chi connectivity index (χ3v) is 8.80. The van der Waals surface area contributed by atoms with Gasteiger partial charge in [0.1, 0.15) is 11.6 Å². The van der Waals surface area contributed by atoms with Gasteiger partial charge >= 0.3 is 6.03 Å². The number of ether oxygens (including phenoxy) is 1. The van der Waals surface area contributed by atoms with Crippen LogP contribution in [0, 0.1) is 11.7 Å². The lowest BCUT2D eigenvalue weighted by Gasteiger charge is -2.37. The second kappa shape index (κ2) is 13.0. The molecule has 1 aromatic heterocycles. The molecule has 0 spiro atoms. The Labute approximate surface area is 239 Å². The summed E-state index contributed by atoms with van der Waals surface area (Å²) in [6.07, 6.45) is 7.84. The zero-order chi connectivity index (χ0) is 28.9. The molecule has 0 unspecified atom stereocenters. The molecule has 40 heavy (non-hydrogen) atoms. The molecule has 1 aromatic carbocycles. The molecule has 1 heterocycles. The summed E-state index contributed by atoms with van der Waals surface area (Å²) in [7, 11) is -3.70. The van der Waals surface area contributed by atoms with Gasteiger partial charge in [0.25, 0.3) is 5.91 Å². The van der Waals surface area contributed by atoms with Crippen molar-refractivity contribution in [3.05, 3.63) is 41.3 Å². The van der Waals surface area contributed by atoms with Gasteiger partial charge in [-0.2, -0.15) is 0 Å². The first-order valence-electron chi connectivity index (χ1n) is 13.5. The van der Waals surface area contributed by atoms with Crippen LogP contribution in [0.25, 0.3) is 0 Å². The normalized spacial score (nSPS) is 15.9. The standard InChI is InChI=1S/C27H35ClFN5O5S/c1-17(2)15-34(19-6-4-3-5-7-19)26-24(32-27(36)31-23-11-8-18(28)12-22(23)29)13-20(14-30-26)39-16-25(35)33-40(37,38)21-9-10-21/h8,11-14,17,19,21H,3-7,9-10,15-16H2,1-2H3,(H,33,35)(H2,31,32,36). The van der Waals surface area contributed by atoms with Crippen molar-refractivity contribution < 1.29 is 27.1 Å². The van der Waals surface area contributed by atoms with E-state index in [-0.39, 0.29) is 22.5 Å². The van der Waals surface area contributed by atoms with Gasteiger partial charge in [0, 0.05) is 23.7 Å². The number of benzene rings is 1. The van der Waals surface area contributed by atoms with Crippen molar-refractivity contribution in [1.82, 2.24) is 9.71 Å². The summed E-state index contributed by atoms with van der Waals surface area (Å²) in [6.45, 7) is 4.35. The van der Waals surface area contributed by atoms with Crippen LogP contribution in [0.2, 0.25) is 5.02 Å². The molecule has 3 amide bonds. The molecule has 2 fully saturated rings. The fourth-order valence-electron chi connectivity index (χ4n) is 4.70. The molecule has 0 saturated heterocycles. The van der Waals surface area contributed by atoms with Crippen LogP contribution in [0.5, 0.6) is 5.75 Å². The van der Waals surface area contributed by atoms with E-state index in [0.29, 0.717) is 36.8 Å². The summed E-state index contributed by atoms with van der Waals surface area (Å²) in [4.78, 5) is 32.0. The minimum Gasteiger partial charge on any atom is -0.482 e. The Morgan fingerprint density at radius 3 is 2.45 bits per heavy atom. The lowest BCUT2D eigenvalue weighted by molar-refractivity contribution is -0.121. The van der Waals surface area contributed by atoms with E-state index in [4.69, 9.17) is 16.3 Å². The van der Waals surface area contributed by atoms with Crippen LogP contribution in [0.1, 0.15) is 58.8 Å². The monoisotopic (exact) mass is 595 g/mol. The highest BCUT2D eigenvalue weighted by Gasteiger charge is 2.37. The Morgan fingerprint density at radius 2 is 1.80 bits per heavy atom. The minimum atomic E-state index is -3.70. The number of sulfonamides is 1. The molecule has 0 atom stereocenters. The number of carbonyl (C=O) groups is 2. The summed E-state index contributed by atoms with van der Waals surface area (Å²) in [5, 5.41) is 4.90. The summed E-state index contributed by atoms with van der Waals surface area (Å²) < 4.78 is 46.0.